The lowest BCUT2D eigenvalue weighted by Gasteiger charge is -2.29. The summed E-state index contributed by atoms with van der Waals surface area (Å²) in [6, 6.07) is 15.3. The Kier molecular flexibility index (Phi) is 5.74. The summed E-state index contributed by atoms with van der Waals surface area (Å²) in [4.78, 5) is 28.8. The number of amides is 2. The van der Waals surface area contributed by atoms with Gasteiger partial charge in [-0.15, -0.1) is 0 Å². The van der Waals surface area contributed by atoms with E-state index in [1.807, 2.05) is 67.4 Å². The van der Waals surface area contributed by atoms with Gasteiger partial charge in [-0.05, 0) is 43.8 Å². The average Bonchev–Trinajstić information content (AvgIpc) is 2.68. The number of anilines is 2. The van der Waals surface area contributed by atoms with E-state index in [0.29, 0.717) is 12.2 Å². The van der Waals surface area contributed by atoms with E-state index in [-0.39, 0.29) is 30.8 Å². The van der Waals surface area contributed by atoms with E-state index in [2.05, 4.69) is 21.2 Å². The van der Waals surface area contributed by atoms with Crippen LogP contribution in [0.3, 0.4) is 0 Å². The predicted octanol–water partition coefficient (Wildman–Crippen LogP) is 3.64. The van der Waals surface area contributed by atoms with Crippen molar-refractivity contribution in [1.29, 1.82) is 0 Å². The molecule has 0 saturated heterocycles. The highest BCUT2D eigenvalue weighted by molar-refractivity contribution is 9.10. The second-order valence-electron chi connectivity index (χ2n) is 6.68. The lowest BCUT2D eigenvalue weighted by molar-refractivity contribution is -0.120. The molecule has 0 saturated carbocycles. The summed E-state index contributed by atoms with van der Waals surface area (Å²) in [5.74, 6) is -0.0818. The number of nitrogens with one attached hydrogen (secondary N) is 1. The fourth-order valence-electron chi connectivity index (χ4n) is 3.28. The normalized spacial score (nSPS) is 16.8. The first-order valence-electron chi connectivity index (χ1n) is 8.58. The molecular weight excluding hydrogens is 394 g/mol. The molecule has 1 aliphatic rings. The fourth-order valence-corrected chi connectivity index (χ4v) is 3.72. The predicted molar refractivity (Wildman–Crippen MR) is 107 cm³/mol. The lowest BCUT2D eigenvalue weighted by atomic mass is 10.1. The quantitative estimate of drug-likeness (QED) is 0.828. The Labute approximate surface area is 162 Å². The van der Waals surface area contributed by atoms with Crippen LogP contribution in [0, 0.1) is 0 Å². The van der Waals surface area contributed by atoms with E-state index in [9.17, 15) is 9.59 Å². The summed E-state index contributed by atoms with van der Waals surface area (Å²) >= 11 is 3.47. The molecule has 2 amide bonds. The Balaban J connectivity index is 1.76. The van der Waals surface area contributed by atoms with Crippen LogP contribution < -0.4 is 10.2 Å². The Morgan fingerprint density at radius 1 is 1.27 bits per heavy atom. The number of halogens is 1. The number of likely N-dealkylation sites (N-methyl/N-ethyl adjacent to an activating group) is 1. The summed E-state index contributed by atoms with van der Waals surface area (Å²) in [6.45, 7) is 2.86. The van der Waals surface area contributed by atoms with Crippen molar-refractivity contribution in [3.63, 3.8) is 0 Å². The van der Waals surface area contributed by atoms with Gasteiger partial charge in [-0.3, -0.25) is 14.5 Å². The molecule has 0 fully saturated rings. The molecule has 0 aliphatic carbocycles. The third-order valence-corrected chi connectivity index (χ3v) is 4.87. The van der Waals surface area contributed by atoms with E-state index in [0.717, 1.165) is 15.7 Å². The van der Waals surface area contributed by atoms with E-state index >= 15 is 0 Å². The van der Waals surface area contributed by atoms with Gasteiger partial charge >= 0.3 is 0 Å². The minimum absolute atomic E-state index is 0.0149. The molecule has 5 nitrogen and oxygen atoms in total. The SMILES string of the molecule is C[C@H]1CC(=O)Nc2ccccc2N1C(=O)CN(C)Cc1cccc(Br)c1. The number of nitrogens with zero attached hydrogens (tertiary/aromatic N) is 2. The number of benzene rings is 2. The smallest absolute Gasteiger partial charge is 0.241 e. The van der Waals surface area contributed by atoms with Gasteiger partial charge < -0.3 is 10.2 Å². The van der Waals surface area contributed by atoms with E-state index < -0.39 is 0 Å². The molecule has 136 valence electrons. The summed E-state index contributed by atoms with van der Waals surface area (Å²) < 4.78 is 1.02. The monoisotopic (exact) mass is 415 g/mol. The van der Waals surface area contributed by atoms with Crippen LogP contribution in [0.1, 0.15) is 18.9 Å². The minimum Gasteiger partial charge on any atom is -0.324 e. The molecule has 2 aromatic rings. The third kappa shape index (κ3) is 4.31. The summed E-state index contributed by atoms with van der Waals surface area (Å²) in [5.41, 5.74) is 2.58. The highest BCUT2D eigenvalue weighted by Crippen LogP contribution is 2.31. The standard InChI is InChI=1S/C20H22BrN3O2/c1-14-10-19(25)22-17-8-3-4-9-18(17)24(14)20(26)13-23(2)12-15-6-5-7-16(21)11-15/h3-9,11,14H,10,12-13H2,1-2H3,(H,22,25)/t14-/m0/s1. The van der Waals surface area contributed by atoms with Crippen molar-refractivity contribution in [1.82, 2.24) is 4.90 Å². The summed E-state index contributed by atoms with van der Waals surface area (Å²) in [5, 5.41) is 2.89. The van der Waals surface area contributed by atoms with Crippen LogP contribution in [0.5, 0.6) is 0 Å². The molecule has 0 bridgehead atoms. The number of hydrogen-bond acceptors (Lipinski definition) is 3. The first-order chi connectivity index (χ1) is 12.4. The third-order valence-electron chi connectivity index (χ3n) is 4.37. The van der Waals surface area contributed by atoms with Gasteiger partial charge in [0.1, 0.15) is 0 Å². The maximum Gasteiger partial charge on any atom is 0.241 e. The summed E-state index contributed by atoms with van der Waals surface area (Å²) in [7, 11) is 1.93. The molecule has 0 aromatic heterocycles. The first-order valence-corrected chi connectivity index (χ1v) is 9.37. The number of hydrogen-bond donors (Lipinski definition) is 1. The van der Waals surface area contributed by atoms with Crippen LogP contribution in [0.25, 0.3) is 0 Å². The topological polar surface area (TPSA) is 52.7 Å². The molecule has 1 aliphatic heterocycles. The van der Waals surface area contributed by atoms with Gasteiger partial charge in [0.2, 0.25) is 11.8 Å². The lowest BCUT2D eigenvalue weighted by Crippen LogP contribution is -2.44. The van der Waals surface area contributed by atoms with E-state index in [1.54, 1.807) is 4.90 Å². The number of rotatable bonds is 4. The number of carbonyl (C=O) groups excluding carboxylic acids is 2. The zero-order valence-corrected chi connectivity index (χ0v) is 16.5. The largest absolute Gasteiger partial charge is 0.324 e. The van der Waals surface area contributed by atoms with Crippen molar-refractivity contribution in [2.45, 2.75) is 25.9 Å². The Morgan fingerprint density at radius 2 is 2.04 bits per heavy atom. The van der Waals surface area contributed by atoms with Gasteiger partial charge in [-0.2, -0.15) is 0 Å². The van der Waals surface area contributed by atoms with E-state index in [4.69, 9.17) is 0 Å². The zero-order chi connectivity index (χ0) is 18.7. The molecular formula is C20H22BrN3O2. The first kappa shape index (κ1) is 18.6. The Bertz CT molecular complexity index is 824. The van der Waals surface area contributed by atoms with Crippen LogP contribution in [0.4, 0.5) is 11.4 Å². The number of para-hydroxylation sites is 2. The molecule has 1 heterocycles. The fraction of sp³-hybridized carbons (Fsp3) is 0.300. The van der Waals surface area contributed by atoms with Gasteiger partial charge in [0.15, 0.2) is 0 Å². The van der Waals surface area contributed by atoms with Crippen molar-refractivity contribution in [3.05, 3.63) is 58.6 Å². The number of carbonyl (C=O) groups is 2. The van der Waals surface area contributed by atoms with Crippen LogP contribution in [0.2, 0.25) is 0 Å². The van der Waals surface area contributed by atoms with Crippen molar-refractivity contribution >= 4 is 39.1 Å². The van der Waals surface area contributed by atoms with Crippen LogP contribution in [0.15, 0.2) is 53.0 Å². The van der Waals surface area contributed by atoms with Gasteiger partial charge in [-0.25, -0.2) is 0 Å². The molecule has 6 heteroatoms. The van der Waals surface area contributed by atoms with Crippen molar-refractivity contribution < 1.29 is 9.59 Å². The van der Waals surface area contributed by atoms with Crippen LogP contribution >= 0.6 is 15.9 Å². The maximum absolute atomic E-state index is 13.0. The number of fused-ring (bicyclic) bond motifs is 1. The van der Waals surface area contributed by atoms with Crippen LogP contribution in [-0.2, 0) is 16.1 Å². The van der Waals surface area contributed by atoms with E-state index in [1.165, 1.54) is 0 Å². The Morgan fingerprint density at radius 3 is 2.81 bits per heavy atom. The maximum atomic E-state index is 13.0. The average molecular weight is 416 g/mol. The molecule has 0 radical (unpaired) electrons. The molecule has 0 unspecified atom stereocenters. The molecule has 3 rings (SSSR count). The van der Waals surface area contributed by atoms with Crippen molar-refractivity contribution in [3.8, 4) is 0 Å². The van der Waals surface area contributed by atoms with Gasteiger partial charge in [0.25, 0.3) is 0 Å². The molecule has 1 N–H and O–H groups in total. The van der Waals surface area contributed by atoms with Gasteiger partial charge in [0, 0.05) is 23.5 Å². The Hall–Kier alpha value is -2.18. The van der Waals surface area contributed by atoms with Crippen molar-refractivity contribution in [2.75, 3.05) is 23.8 Å². The highest BCUT2D eigenvalue weighted by atomic mass is 79.9. The zero-order valence-electron chi connectivity index (χ0n) is 14.9. The van der Waals surface area contributed by atoms with Crippen LogP contribution in [-0.4, -0.2) is 36.3 Å². The molecule has 2 aromatic carbocycles. The molecule has 1 atom stereocenters. The second-order valence-corrected chi connectivity index (χ2v) is 7.60. The van der Waals surface area contributed by atoms with Gasteiger partial charge in [0.05, 0.1) is 17.9 Å². The second kappa shape index (κ2) is 8.01. The minimum atomic E-state index is -0.189. The molecule has 0 spiro atoms. The van der Waals surface area contributed by atoms with Crippen molar-refractivity contribution in [2.24, 2.45) is 0 Å². The molecule has 26 heavy (non-hydrogen) atoms. The van der Waals surface area contributed by atoms with Gasteiger partial charge in [-0.1, -0.05) is 40.2 Å². The highest BCUT2D eigenvalue weighted by Gasteiger charge is 2.29. The summed E-state index contributed by atoms with van der Waals surface area (Å²) in [6.07, 6.45) is 0.287.